The van der Waals surface area contributed by atoms with Crippen LogP contribution in [-0.2, 0) is 0 Å². The minimum Gasteiger partial charge on any atom is -0.475 e. The van der Waals surface area contributed by atoms with Gasteiger partial charge in [-0.1, -0.05) is 12.1 Å². The molecule has 78 valence electrons. The molecule has 1 aliphatic carbocycles. The third kappa shape index (κ3) is 1.49. The molecule has 0 saturated heterocycles. The number of hydrogen-bond donors (Lipinski definition) is 0. The van der Waals surface area contributed by atoms with Crippen LogP contribution in [-0.4, -0.2) is 10.3 Å². The maximum atomic E-state index is 11.9. The minimum absolute atomic E-state index is 0.181. The molecule has 1 fully saturated rings. The van der Waals surface area contributed by atoms with Gasteiger partial charge in [-0.2, -0.15) is 0 Å². The van der Waals surface area contributed by atoms with Crippen LogP contribution >= 0.6 is 15.9 Å². The van der Waals surface area contributed by atoms with Crippen LogP contribution in [0.5, 0.6) is 5.75 Å². The summed E-state index contributed by atoms with van der Waals surface area (Å²) in [4.78, 5) is 11.9. The van der Waals surface area contributed by atoms with Gasteiger partial charge in [-0.25, -0.2) is 0 Å². The number of Topliss-reactive ketones (excluding diaryl/α,β-unsaturated/α-hetero) is 1. The summed E-state index contributed by atoms with van der Waals surface area (Å²) in [5, 5.41) is 0. The van der Waals surface area contributed by atoms with Crippen molar-refractivity contribution in [2.24, 2.45) is 5.92 Å². The number of ether oxygens (including phenoxy) is 1. The molecule has 1 saturated carbocycles. The van der Waals surface area contributed by atoms with E-state index in [4.69, 9.17) is 4.74 Å². The van der Waals surface area contributed by atoms with Crippen LogP contribution in [0.2, 0.25) is 0 Å². The normalized spacial score (nSPS) is 29.5. The summed E-state index contributed by atoms with van der Waals surface area (Å²) in [6.07, 6.45) is 2.76. The lowest BCUT2D eigenvalue weighted by Crippen LogP contribution is -2.38. The summed E-state index contributed by atoms with van der Waals surface area (Å²) in [7, 11) is 0. The Labute approximate surface area is 96.8 Å². The first kappa shape index (κ1) is 9.40. The van der Waals surface area contributed by atoms with E-state index in [1.165, 1.54) is 0 Å². The van der Waals surface area contributed by atoms with Crippen LogP contribution in [0, 0.1) is 5.92 Å². The molecule has 1 aromatic rings. The second-order valence-electron chi connectivity index (χ2n) is 4.26. The third-order valence-electron chi connectivity index (χ3n) is 3.06. The van der Waals surface area contributed by atoms with Crippen molar-refractivity contribution in [3.8, 4) is 5.75 Å². The Bertz CT molecular complexity index is 425. The second-order valence-corrected chi connectivity index (χ2v) is 5.60. The number of halogens is 1. The Morgan fingerprint density at radius 1 is 1.33 bits per heavy atom. The number of fused-ring (bicyclic) bond motifs is 1. The summed E-state index contributed by atoms with van der Waals surface area (Å²) in [5.74, 6) is 1.40. The number of para-hydroxylation sites is 1. The third-order valence-corrected chi connectivity index (χ3v) is 4.15. The van der Waals surface area contributed by atoms with Crippen LogP contribution in [0.25, 0.3) is 0 Å². The van der Waals surface area contributed by atoms with Gasteiger partial charge in [-0.3, -0.25) is 4.79 Å². The fourth-order valence-electron chi connectivity index (χ4n) is 2.06. The van der Waals surface area contributed by atoms with Crippen LogP contribution < -0.4 is 4.74 Å². The maximum absolute atomic E-state index is 11.9. The highest BCUT2D eigenvalue weighted by Gasteiger charge is 2.49. The molecule has 0 spiro atoms. The molecule has 3 heteroatoms. The standard InChI is InChI=1S/C12H11BrO2/c13-12(8-5-6-8)7-10(14)9-3-1-2-4-11(9)15-12/h1-4,8H,5-7H2. The lowest BCUT2D eigenvalue weighted by molar-refractivity contribution is 0.0757. The van der Waals surface area contributed by atoms with E-state index in [2.05, 4.69) is 15.9 Å². The van der Waals surface area contributed by atoms with Crippen LogP contribution in [0.3, 0.4) is 0 Å². The summed E-state index contributed by atoms with van der Waals surface area (Å²) in [6.45, 7) is 0. The molecule has 0 amide bonds. The smallest absolute Gasteiger partial charge is 0.173 e. The topological polar surface area (TPSA) is 26.3 Å². The number of carbonyl (C=O) groups is 1. The summed E-state index contributed by atoms with van der Waals surface area (Å²) >= 11 is 3.59. The van der Waals surface area contributed by atoms with E-state index in [1.54, 1.807) is 0 Å². The first-order valence-electron chi connectivity index (χ1n) is 5.19. The molecule has 2 aliphatic rings. The van der Waals surface area contributed by atoms with Crippen molar-refractivity contribution in [2.45, 2.75) is 23.8 Å². The molecule has 15 heavy (non-hydrogen) atoms. The molecule has 0 bridgehead atoms. The van der Waals surface area contributed by atoms with Crippen LogP contribution in [0.4, 0.5) is 0 Å². The van der Waals surface area contributed by atoms with Crippen molar-refractivity contribution in [2.75, 3.05) is 0 Å². The second kappa shape index (κ2) is 3.08. The van der Waals surface area contributed by atoms with Gasteiger partial charge < -0.3 is 4.74 Å². The molecule has 0 N–H and O–H groups in total. The molecule has 1 aliphatic heterocycles. The van der Waals surface area contributed by atoms with Gasteiger partial charge in [-0.05, 0) is 40.9 Å². The molecule has 0 aromatic heterocycles. The molecular formula is C12H11BrO2. The quantitative estimate of drug-likeness (QED) is 0.730. The zero-order valence-electron chi connectivity index (χ0n) is 8.20. The number of ketones is 1. The Balaban J connectivity index is 2.02. The maximum Gasteiger partial charge on any atom is 0.173 e. The molecule has 2 nitrogen and oxygen atoms in total. The van der Waals surface area contributed by atoms with E-state index in [1.807, 2.05) is 24.3 Å². The Kier molecular flexibility index (Phi) is 1.93. The molecule has 1 aromatic carbocycles. The lowest BCUT2D eigenvalue weighted by atomic mass is 9.98. The van der Waals surface area contributed by atoms with Crippen molar-refractivity contribution >= 4 is 21.7 Å². The van der Waals surface area contributed by atoms with Gasteiger partial charge in [0.15, 0.2) is 10.3 Å². The highest BCUT2D eigenvalue weighted by atomic mass is 79.9. The van der Waals surface area contributed by atoms with Gasteiger partial charge in [-0.15, -0.1) is 0 Å². The number of alkyl halides is 1. The van der Waals surface area contributed by atoms with Crippen molar-refractivity contribution in [1.82, 2.24) is 0 Å². The van der Waals surface area contributed by atoms with E-state index in [0.29, 0.717) is 17.9 Å². The van der Waals surface area contributed by atoms with E-state index in [9.17, 15) is 4.79 Å². The highest BCUT2D eigenvalue weighted by molar-refractivity contribution is 9.10. The average Bonchev–Trinajstić information content (AvgIpc) is 3.00. The van der Waals surface area contributed by atoms with Crippen LogP contribution in [0.1, 0.15) is 29.6 Å². The molecule has 3 rings (SSSR count). The Morgan fingerprint density at radius 3 is 2.80 bits per heavy atom. The number of rotatable bonds is 1. The van der Waals surface area contributed by atoms with Gasteiger partial charge >= 0.3 is 0 Å². The first-order chi connectivity index (χ1) is 7.19. The van der Waals surface area contributed by atoms with E-state index in [0.717, 1.165) is 18.6 Å². The number of hydrogen-bond acceptors (Lipinski definition) is 2. The number of benzene rings is 1. The van der Waals surface area contributed by atoms with Gasteiger partial charge in [0.2, 0.25) is 0 Å². The lowest BCUT2D eigenvalue weighted by Gasteiger charge is -2.33. The zero-order valence-corrected chi connectivity index (χ0v) is 9.79. The summed E-state index contributed by atoms with van der Waals surface area (Å²) < 4.78 is 5.48. The summed E-state index contributed by atoms with van der Waals surface area (Å²) in [5.41, 5.74) is 0.716. The van der Waals surface area contributed by atoms with Crippen molar-refractivity contribution in [1.29, 1.82) is 0 Å². The van der Waals surface area contributed by atoms with Gasteiger partial charge in [0.25, 0.3) is 0 Å². The Hall–Kier alpha value is -0.830. The minimum atomic E-state index is -0.432. The predicted molar refractivity (Wildman–Crippen MR) is 60.4 cm³/mol. The fraction of sp³-hybridized carbons (Fsp3) is 0.417. The predicted octanol–water partition coefficient (Wildman–Crippen LogP) is 3.15. The largest absolute Gasteiger partial charge is 0.475 e. The van der Waals surface area contributed by atoms with Gasteiger partial charge in [0.05, 0.1) is 12.0 Å². The average molecular weight is 267 g/mol. The molecular weight excluding hydrogens is 256 g/mol. The summed E-state index contributed by atoms with van der Waals surface area (Å²) in [6, 6.07) is 7.47. The fourth-order valence-corrected chi connectivity index (χ4v) is 2.95. The van der Waals surface area contributed by atoms with Crippen LogP contribution in [0.15, 0.2) is 24.3 Å². The van der Waals surface area contributed by atoms with Crippen molar-refractivity contribution < 1.29 is 9.53 Å². The first-order valence-corrected chi connectivity index (χ1v) is 5.98. The van der Waals surface area contributed by atoms with Crippen molar-refractivity contribution in [3.63, 3.8) is 0 Å². The van der Waals surface area contributed by atoms with E-state index in [-0.39, 0.29) is 5.78 Å². The SMILES string of the molecule is O=C1CC(Br)(C2CC2)Oc2ccccc21. The molecule has 0 radical (unpaired) electrons. The molecule has 1 heterocycles. The van der Waals surface area contributed by atoms with Gasteiger partial charge in [0.1, 0.15) is 5.75 Å². The molecule has 1 unspecified atom stereocenters. The monoisotopic (exact) mass is 266 g/mol. The van der Waals surface area contributed by atoms with Gasteiger partial charge in [0, 0.05) is 5.92 Å². The number of carbonyl (C=O) groups excluding carboxylic acids is 1. The zero-order chi connectivity index (χ0) is 10.5. The van der Waals surface area contributed by atoms with Crippen molar-refractivity contribution in [3.05, 3.63) is 29.8 Å². The van der Waals surface area contributed by atoms with E-state index < -0.39 is 4.51 Å². The Morgan fingerprint density at radius 2 is 2.07 bits per heavy atom. The highest BCUT2D eigenvalue weighted by Crippen LogP contribution is 2.51. The van der Waals surface area contributed by atoms with E-state index >= 15 is 0 Å². The molecule has 1 atom stereocenters.